The molecule has 2 amide bonds. The molecular formula is C19H26N2O4. The third-order valence-electron chi connectivity index (χ3n) is 5.17. The summed E-state index contributed by atoms with van der Waals surface area (Å²) in [4.78, 5) is 26.5. The number of carbonyl (C=O) groups is 2. The number of amides is 2. The zero-order chi connectivity index (χ0) is 18.0. The van der Waals surface area contributed by atoms with Crippen LogP contribution in [0.5, 0.6) is 11.5 Å². The molecule has 1 saturated carbocycles. The number of carbonyl (C=O) groups excluding carboxylic acids is 2. The van der Waals surface area contributed by atoms with Gasteiger partial charge in [-0.15, -0.1) is 0 Å². The molecule has 136 valence electrons. The summed E-state index contributed by atoms with van der Waals surface area (Å²) in [5.41, 5.74) is 5.69. The van der Waals surface area contributed by atoms with Crippen LogP contribution in [0.1, 0.15) is 45.1 Å². The highest BCUT2D eigenvalue weighted by Crippen LogP contribution is 2.45. The van der Waals surface area contributed by atoms with Crippen molar-refractivity contribution in [2.45, 2.75) is 51.0 Å². The fourth-order valence-electron chi connectivity index (χ4n) is 3.88. The quantitative estimate of drug-likeness (QED) is 0.884. The molecule has 0 spiro atoms. The Morgan fingerprint density at radius 1 is 1.16 bits per heavy atom. The minimum Gasteiger partial charge on any atom is -0.486 e. The first-order valence-electron chi connectivity index (χ1n) is 8.93. The van der Waals surface area contributed by atoms with Crippen molar-refractivity contribution in [3.8, 4) is 11.5 Å². The molecule has 3 rings (SSSR count). The Morgan fingerprint density at radius 3 is 2.40 bits per heavy atom. The van der Waals surface area contributed by atoms with Crippen LogP contribution >= 0.6 is 0 Å². The number of ether oxygens (including phenoxy) is 2. The molecule has 1 aromatic carbocycles. The second-order valence-corrected chi connectivity index (χ2v) is 7.14. The van der Waals surface area contributed by atoms with E-state index in [4.69, 9.17) is 15.2 Å². The smallest absolute Gasteiger partial charge is 0.237 e. The average Bonchev–Trinajstić information content (AvgIpc) is 3.09. The van der Waals surface area contributed by atoms with Crippen molar-refractivity contribution in [3.05, 3.63) is 23.8 Å². The number of nitrogens with two attached hydrogens (primary N) is 1. The molecule has 0 unspecified atom stereocenters. The number of primary amides is 1. The monoisotopic (exact) mass is 346 g/mol. The Morgan fingerprint density at radius 2 is 1.80 bits per heavy atom. The zero-order valence-electron chi connectivity index (χ0n) is 14.9. The fraction of sp³-hybridized carbons (Fsp3) is 0.579. The van der Waals surface area contributed by atoms with Crippen LogP contribution in [0.25, 0.3) is 0 Å². The number of fused-ring (bicyclic) bond motifs is 1. The van der Waals surface area contributed by atoms with Crippen molar-refractivity contribution in [1.82, 2.24) is 4.90 Å². The van der Waals surface area contributed by atoms with E-state index in [9.17, 15) is 9.59 Å². The average molecular weight is 346 g/mol. The summed E-state index contributed by atoms with van der Waals surface area (Å²) in [5, 5.41) is 0. The highest BCUT2D eigenvalue weighted by molar-refractivity contribution is 5.92. The van der Waals surface area contributed by atoms with Crippen LogP contribution in [0, 0.1) is 0 Å². The van der Waals surface area contributed by atoms with Crippen LogP contribution < -0.4 is 15.2 Å². The van der Waals surface area contributed by atoms with E-state index in [1.165, 1.54) is 0 Å². The van der Waals surface area contributed by atoms with Crippen LogP contribution in [0.15, 0.2) is 18.2 Å². The van der Waals surface area contributed by atoms with E-state index in [-0.39, 0.29) is 18.5 Å². The standard InChI is InChI=1S/C19H26N2O4/c1-13(2)21(12-17(20)22)18(23)19(7-3-4-8-19)14-5-6-15-16(11-14)25-10-9-24-15/h5-6,11,13H,3-4,7-10,12H2,1-2H3,(H2,20,22). The van der Waals surface area contributed by atoms with Gasteiger partial charge < -0.3 is 20.1 Å². The lowest BCUT2D eigenvalue weighted by Gasteiger charge is -2.37. The van der Waals surface area contributed by atoms with Gasteiger partial charge in [0.15, 0.2) is 11.5 Å². The summed E-state index contributed by atoms with van der Waals surface area (Å²) in [6.45, 7) is 4.82. The first-order valence-corrected chi connectivity index (χ1v) is 8.93. The molecule has 2 N–H and O–H groups in total. The van der Waals surface area contributed by atoms with Gasteiger partial charge in [-0.3, -0.25) is 9.59 Å². The Labute approximate surface area is 148 Å². The van der Waals surface area contributed by atoms with E-state index in [1.54, 1.807) is 4.90 Å². The first kappa shape index (κ1) is 17.6. The minimum absolute atomic E-state index is 0.0181. The second-order valence-electron chi connectivity index (χ2n) is 7.14. The van der Waals surface area contributed by atoms with Crippen LogP contribution in [0.2, 0.25) is 0 Å². The zero-order valence-corrected chi connectivity index (χ0v) is 14.9. The van der Waals surface area contributed by atoms with Crippen molar-refractivity contribution in [1.29, 1.82) is 0 Å². The lowest BCUT2D eigenvalue weighted by Crippen LogP contribution is -2.51. The third-order valence-corrected chi connectivity index (χ3v) is 5.17. The summed E-state index contributed by atoms with van der Waals surface area (Å²) < 4.78 is 11.3. The molecule has 0 radical (unpaired) electrons. The van der Waals surface area contributed by atoms with Gasteiger partial charge in [0, 0.05) is 6.04 Å². The molecule has 6 heteroatoms. The first-order chi connectivity index (χ1) is 11.9. The maximum absolute atomic E-state index is 13.5. The molecule has 1 aliphatic heterocycles. The third kappa shape index (κ3) is 3.30. The van der Waals surface area contributed by atoms with Crippen molar-refractivity contribution in [3.63, 3.8) is 0 Å². The number of nitrogens with zero attached hydrogens (tertiary/aromatic N) is 1. The molecule has 1 fully saturated rings. The number of benzene rings is 1. The van der Waals surface area contributed by atoms with E-state index in [0.717, 1.165) is 31.2 Å². The van der Waals surface area contributed by atoms with Crippen molar-refractivity contribution < 1.29 is 19.1 Å². The Bertz CT molecular complexity index is 665. The normalized spacial score (nSPS) is 18.2. The lowest BCUT2D eigenvalue weighted by molar-refractivity contribution is -0.142. The van der Waals surface area contributed by atoms with Crippen molar-refractivity contribution in [2.75, 3.05) is 19.8 Å². The van der Waals surface area contributed by atoms with Crippen molar-refractivity contribution >= 4 is 11.8 Å². The second kappa shape index (κ2) is 6.94. The number of hydrogen-bond donors (Lipinski definition) is 1. The van der Waals surface area contributed by atoms with Gasteiger partial charge in [0.1, 0.15) is 13.2 Å². The van der Waals surface area contributed by atoms with Gasteiger partial charge in [-0.1, -0.05) is 18.9 Å². The Balaban J connectivity index is 1.98. The van der Waals surface area contributed by atoms with Crippen LogP contribution in [-0.2, 0) is 15.0 Å². The van der Waals surface area contributed by atoms with Crippen LogP contribution in [-0.4, -0.2) is 42.5 Å². The number of rotatable bonds is 5. The molecule has 25 heavy (non-hydrogen) atoms. The molecule has 1 heterocycles. The van der Waals surface area contributed by atoms with E-state index in [1.807, 2.05) is 32.0 Å². The van der Waals surface area contributed by atoms with Gasteiger partial charge in [0.25, 0.3) is 0 Å². The predicted octanol–water partition coefficient (Wildman–Crippen LogP) is 1.99. The molecule has 0 bridgehead atoms. The fourth-order valence-corrected chi connectivity index (χ4v) is 3.88. The Kier molecular flexibility index (Phi) is 4.88. The summed E-state index contributed by atoms with van der Waals surface area (Å²) in [6.07, 6.45) is 3.52. The van der Waals surface area contributed by atoms with Crippen LogP contribution in [0.4, 0.5) is 0 Å². The molecule has 0 aromatic heterocycles. The highest BCUT2D eigenvalue weighted by atomic mass is 16.6. The van der Waals surface area contributed by atoms with Gasteiger partial charge in [-0.05, 0) is 44.4 Å². The highest BCUT2D eigenvalue weighted by Gasteiger charge is 2.46. The summed E-state index contributed by atoms with van der Waals surface area (Å²) in [7, 11) is 0. The molecular weight excluding hydrogens is 320 g/mol. The summed E-state index contributed by atoms with van der Waals surface area (Å²) in [5.74, 6) is 0.898. The van der Waals surface area contributed by atoms with Gasteiger partial charge in [0.2, 0.25) is 11.8 Å². The minimum atomic E-state index is -0.616. The SMILES string of the molecule is CC(C)N(CC(N)=O)C(=O)C1(c2ccc3c(c2)OCCO3)CCCC1. The van der Waals surface area contributed by atoms with Gasteiger partial charge in [-0.2, -0.15) is 0 Å². The predicted molar refractivity (Wildman–Crippen MR) is 93.6 cm³/mol. The topological polar surface area (TPSA) is 81.9 Å². The molecule has 0 saturated heterocycles. The largest absolute Gasteiger partial charge is 0.486 e. The Hall–Kier alpha value is -2.24. The summed E-state index contributed by atoms with van der Waals surface area (Å²) >= 11 is 0. The van der Waals surface area contributed by atoms with E-state index in [2.05, 4.69) is 0 Å². The van der Waals surface area contributed by atoms with Crippen LogP contribution in [0.3, 0.4) is 0 Å². The lowest BCUT2D eigenvalue weighted by atomic mass is 9.77. The molecule has 1 aliphatic carbocycles. The molecule has 2 aliphatic rings. The number of hydrogen-bond acceptors (Lipinski definition) is 4. The van der Waals surface area contributed by atoms with E-state index < -0.39 is 11.3 Å². The van der Waals surface area contributed by atoms with Gasteiger partial charge in [-0.25, -0.2) is 0 Å². The van der Waals surface area contributed by atoms with E-state index >= 15 is 0 Å². The van der Waals surface area contributed by atoms with E-state index in [0.29, 0.717) is 24.7 Å². The maximum atomic E-state index is 13.5. The summed E-state index contributed by atoms with van der Waals surface area (Å²) in [6, 6.07) is 5.68. The molecule has 1 aromatic rings. The molecule has 0 atom stereocenters. The molecule has 6 nitrogen and oxygen atoms in total. The van der Waals surface area contributed by atoms with Crippen molar-refractivity contribution in [2.24, 2.45) is 5.73 Å². The van der Waals surface area contributed by atoms with Gasteiger partial charge in [0.05, 0.1) is 12.0 Å². The van der Waals surface area contributed by atoms with Gasteiger partial charge >= 0.3 is 0 Å². The maximum Gasteiger partial charge on any atom is 0.237 e.